The summed E-state index contributed by atoms with van der Waals surface area (Å²) in [7, 11) is 0. The van der Waals surface area contributed by atoms with E-state index in [2.05, 4.69) is 25.9 Å². The maximum atomic E-state index is 9.27. The molecule has 0 unspecified atom stereocenters. The van der Waals surface area contributed by atoms with E-state index in [1.54, 1.807) is 11.3 Å². The van der Waals surface area contributed by atoms with Crippen LogP contribution in [-0.2, 0) is 6.42 Å². The van der Waals surface area contributed by atoms with Gasteiger partial charge in [-0.05, 0) is 78.8 Å². The van der Waals surface area contributed by atoms with Crippen LogP contribution in [0.15, 0.2) is 16.7 Å². The molecule has 2 aromatic heterocycles. The molecule has 1 saturated carbocycles. The zero-order valence-corrected chi connectivity index (χ0v) is 20.0. The molecule has 5 rings (SSSR count). The van der Waals surface area contributed by atoms with Crippen LogP contribution in [-0.4, -0.2) is 40.2 Å². The number of hydrogen-bond donors (Lipinski definition) is 2. The van der Waals surface area contributed by atoms with Crippen LogP contribution in [0.4, 0.5) is 0 Å². The molecule has 2 aliphatic carbocycles. The van der Waals surface area contributed by atoms with Gasteiger partial charge in [0.2, 0.25) is 5.82 Å². The number of aliphatic hydroxyl groups excluding tert-OH is 2. The third-order valence-electron chi connectivity index (χ3n) is 7.34. The molecule has 2 atom stereocenters. The molecule has 2 N–H and O–H groups in total. The number of benzene rings is 1. The molecule has 0 radical (unpaired) electrons. The SMILES string of the molecule is Cc1cc(-c2nc(-c3sc(C)c4c3C[C@@H]3[C@H]4C3(C)C)no2)cc(C)c1OCC(CO)CO. The van der Waals surface area contributed by atoms with Crippen LogP contribution in [0.1, 0.15) is 46.9 Å². The van der Waals surface area contributed by atoms with Gasteiger partial charge in [0.05, 0.1) is 24.7 Å². The Morgan fingerprint density at radius 1 is 1.19 bits per heavy atom. The van der Waals surface area contributed by atoms with Crippen molar-refractivity contribution in [3.8, 4) is 27.9 Å². The first-order valence-corrected chi connectivity index (χ1v) is 12.0. The van der Waals surface area contributed by atoms with Crippen molar-refractivity contribution >= 4 is 11.3 Å². The summed E-state index contributed by atoms with van der Waals surface area (Å²) < 4.78 is 11.6. The number of thiophene rings is 1. The molecule has 3 aromatic rings. The molecule has 0 aliphatic heterocycles. The lowest BCUT2D eigenvalue weighted by atomic mass is 9.95. The summed E-state index contributed by atoms with van der Waals surface area (Å²) in [4.78, 5) is 7.30. The fourth-order valence-electron chi connectivity index (χ4n) is 5.41. The monoisotopic (exact) mass is 454 g/mol. The second-order valence-corrected chi connectivity index (χ2v) is 11.1. The minimum absolute atomic E-state index is 0.109. The van der Waals surface area contributed by atoms with E-state index in [4.69, 9.17) is 14.2 Å². The van der Waals surface area contributed by atoms with E-state index in [1.807, 2.05) is 26.0 Å². The van der Waals surface area contributed by atoms with Crippen molar-refractivity contribution in [2.75, 3.05) is 19.8 Å². The van der Waals surface area contributed by atoms with Gasteiger partial charge in [-0.1, -0.05) is 19.0 Å². The molecular formula is C25H30N2O4S. The van der Waals surface area contributed by atoms with Crippen molar-refractivity contribution in [1.82, 2.24) is 10.1 Å². The van der Waals surface area contributed by atoms with Gasteiger partial charge in [0.1, 0.15) is 5.75 Å². The maximum absolute atomic E-state index is 9.27. The predicted octanol–water partition coefficient (Wildman–Crippen LogP) is 4.67. The van der Waals surface area contributed by atoms with Crippen LogP contribution in [0.2, 0.25) is 0 Å². The highest BCUT2D eigenvalue weighted by Crippen LogP contribution is 2.72. The molecule has 0 saturated heterocycles. The molecule has 0 amide bonds. The van der Waals surface area contributed by atoms with Crippen molar-refractivity contribution in [3.05, 3.63) is 39.3 Å². The van der Waals surface area contributed by atoms with E-state index in [9.17, 15) is 10.2 Å². The number of aryl methyl sites for hydroxylation is 3. The number of rotatable bonds is 7. The third-order valence-corrected chi connectivity index (χ3v) is 8.49. The van der Waals surface area contributed by atoms with E-state index in [-0.39, 0.29) is 25.7 Å². The largest absolute Gasteiger partial charge is 0.493 e. The fourth-order valence-corrected chi connectivity index (χ4v) is 6.57. The standard InChI is InChI=1S/C25H30N2O4S/c1-12-6-16(7-13(2)21(12)30-11-15(9-28)10-29)24-26-23(27-31-24)22-17-8-18-20(25(18,4)5)19(17)14(3)32-22/h6-7,15,18,20,28-29H,8-11H2,1-5H3/t18-,20-/m1/s1. The fraction of sp³-hybridized carbons (Fsp3) is 0.520. The highest BCUT2D eigenvalue weighted by Gasteiger charge is 2.63. The second kappa shape index (κ2) is 7.68. The highest BCUT2D eigenvalue weighted by molar-refractivity contribution is 7.15. The van der Waals surface area contributed by atoms with Crippen molar-refractivity contribution in [2.24, 2.45) is 17.3 Å². The topological polar surface area (TPSA) is 88.6 Å². The molecule has 1 aromatic carbocycles. The van der Waals surface area contributed by atoms with E-state index in [1.165, 1.54) is 16.0 Å². The average molecular weight is 455 g/mol. The molecular weight excluding hydrogens is 424 g/mol. The first-order chi connectivity index (χ1) is 15.3. The number of nitrogens with zero attached hydrogens (tertiary/aromatic N) is 2. The van der Waals surface area contributed by atoms with Crippen molar-refractivity contribution in [3.63, 3.8) is 0 Å². The summed E-state index contributed by atoms with van der Waals surface area (Å²) in [5.74, 6) is 3.08. The molecule has 6 nitrogen and oxygen atoms in total. The van der Waals surface area contributed by atoms with E-state index in [0.29, 0.717) is 23.0 Å². The van der Waals surface area contributed by atoms with Gasteiger partial charge in [-0.3, -0.25) is 0 Å². The minimum atomic E-state index is -0.292. The lowest BCUT2D eigenvalue weighted by Gasteiger charge is -2.16. The Morgan fingerprint density at radius 2 is 1.88 bits per heavy atom. The Bertz CT molecular complexity index is 1150. The summed E-state index contributed by atoms with van der Waals surface area (Å²) in [6.07, 6.45) is 1.11. The van der Waals surface area contributed by atoms with Crippen LogP contribution in [0.5, 0.6) is 5.75 Å². The lowest BCUT2D eigenvalue weighted by Crippen LogP contribution is -2.20. The van der Waals surface area contributed by atoms with Gasteiger partial charge in [-0.2, -0.15) is 4.98 Å². The van der Waals surface area contributed by atoms with Crippen LogP contribution in [0.25, 0.3) is 22.2 Å². The van der Waals surface area contributed by atoms with Gasteiger partial charge in [0, 0.05) is 16.4 Å². The number of fused-ring (bicyclic) bond motifs is 3. The summed E-state index contributed by atoms with van der Waals surface area (Å²) in [5.41, 5.74) is 6.14. The highest BCUT2D eigenvalue weighted by atomic mass is 32.1. The number of aliphatic hydroxyl groups is 2. The summed E-state index contributed by atoms with van der Waals surface area (Å²) in [6, 6.07) is 3.96. The molecule has 32 heavy (non-hydrogen) atoms. The predicted molar refractivity (Wildman–Crippen MR) is 124 cm³/mol. The zero-order chi connectivity index (χ0) is 22.8. The van der Waals surface area contributed by atoms with E-state index >= 15 is 0 Å². The van der Waals surface area contributed by atoms with Crippen LogP contribution >= 0.6 is 11.3 Å². The molecule has 2 heterocycles. The minimum Gasteiger partial charge on any atom is -0.493 e. The van der Waals surface area contributed by atoms with Gasteiger partial charge in [0.25, 0.3) is 5.89 Å². The van der Waals surface area contributed by atoms with Crippen LogP contribution < -0.4 is 4.74 Å². The first-order valence-electron chi connectivity index (χ1n) is 11.2. The quantitative estimate of drug-likeness (QED) is 0.540. The molecule has 2 aliphatic rings. The van der Waals surface area contributed by atoms with Crippen molar-refractivity contribution < 1.29 is 19.5 Å². The molecule has 0 bridgehead atoms. The number of ether oxygens (including phenoxy) is 1. The van der Waals surface area contributed by atoms with Gasteiger partial charge in [-0.15, -0.1) is 11.3 Å². The van der Waals surface area contributed by atoms with E-state index < -0.39 is 0 Å². The Labute approximate surface area is 192 Å². The first kappa shape index (κ1) is 21.6. The second-order valence-electron chi connectivity index (χ2n) is 9.89. The Kier molecular flexibility index (Phi) is 5.19. The van der Waals surface area contributed by atoms with Crippen molar-refractivity contribution in [1.29, 1.82) is 0 Å². The molecule has 0 spiro atoms. The molecule has 170 valence electrons. The lowest BCUT2D eigenvalue weighted by molar-refractivity contribution is 0.105. The normalized spacial score (nSPS) is 20.5. The summed E-state index contributed by atoms with van der Waals surface area (Å²) in [5, 5.41) is 22.9. The van der Waals surface area contributed by atoms with Gasteiger partial charge in [-0.25, -0.2) is 0 Å². The number of aromatic nitrogens is 2. The van der Waals surface area contributed by atoms with Gasteiger partial charge < -0.3 is 19.5 Å². The average Bonchev–Trinajstić information content (AvgIpc) is 3.25. The summed E-state index contributed by atoms with van der Waals surface area (Å²) in [6.45, 7) is 11.0. The molecule has 1 fully saturated rings. The number of hydrogen-bond acceptors (Lipinski definition) is 7. The zero-order valence-electron chi connectivity index (χ0n) is 19.2. The van der Waals surface area contributed by atoms with Gasteiger partial charge in [0.15, 0.2) is 0 Å². The van der Waals surface area contributed by atoms with Crippen LogP contribution in [0.3, 0.4) is 0 Å². The van der Waals surface area contributed by atoms with Gasteiger partial charge >= 0.3 is 0 Å². The van der Waals surface area contributed by atoms with Crippen LogP contribution in [0, 0.1) is 38.0 Å². The molecule has 7 heteroatoms. The third kappa shape index (κ3) is 3.29. The van der Waals surface area contributed by atoms with Crippen molar-refractivity contribution in [2.45, 2.75) is 47.0 Å². The smallest absolute Gasteiger partial charge is 0.258 e. The Morgan fingerprint density at radius 3 is 2.53 bits per heavy atom. The maximum Gasteiger partial charge on any atom is 0.258 e. The summed E-state index contributed by atoms with van der Waals surface area (Å²) >= 11 is 1.79. The Balaban J connectivity index is 1.41. The Hall–Kier alpha value is -2.22. The van der Waals surface area contributed by atoms with E-state index in [0.717, 1.165) is 39.7 Å².